The highest BCUT2D eigenvalue weighted by Crippen LogP contribution is 2.32. The lowest BCUT2D eigenvalue weighted by atomic mass is 10.1. The first-order valence-corrected chi connectivity index (χ1v) is 7.36. The SMILES string of the molecule is COc1cc(C)c2nc(-c3ccc(C)s3)nc(Cl)c2c1. The summed E-state index contributed by atoms with van der Waals surface area (Å²) in [6.45, 7) is 4.06. The van der Waals surface area contributed by atoms with E-state index in [0.717, 1.165) is 27.1 Å². The van der Waals surface area contributed by atoms with Crippen LogP contribution in [0, 0.1) is 13.8 Å². The Bertz CT molecular complexity index is 798. The second kappa shape index (κ2) is 5.04. The number of thiophene rings is 1. The fraction of sp³-hybridized carbons (Fsp3) is 0.200. The third kappa shape index (κ3) is 2.25. The fourth-order valence-corrected chi connectivity index (χ4v) is 3.14. The maximum atomic E-state index is 6.32. The number of hydrogen-bond donors (Lipinski definition) is 0. The summed E-state index contributed by atoms with van der Waals surface area (Å²) in [5, 5.41) is 1.28. The molecule has 1 aromatic carbocycles. The molecule has 0 unspecified atom stereocenters. The van der Waals surface area contributed by atoms with Gasteiger partial charge in [-0.25, -0.2) is 9.97 Å². The van der Waals surface area contributed by atoms with Crippen LogP contribution in [0.2, 0.25) is 5.15 Å². The Morgan fingerprint density at radius 3 is 2.60 bits per heavy atom. The molecule has 102 valence electrons. The van der Waals surface area contributed by atoms with Gasteiger partial charge in [0.25, 0.3) is 0 Å². The van der Waals surface area contributed by atoms with Gasteiger partial charge in [0.1, 0.15) is 10.9 Å². The molecule has 0 aliphatic heterocycles. The van der Waals surface area contributed by atoms with Crippen LogP contribution in [0.5, 0.6) is 5.75 Å². The average Bonchev–Trinajstić information content (AvgIpc) is 2.86. The van der Waals surface area contributed by atoms with E-state index in [9.17, 15) is 0 Å². The number of aryl methyl sites for hydroxylation is 2. The molecule has 3 nitrogen and oxygen atoms in total. The maximum Gasteiger partial charge on any atom is 0.171 e. The molecule has 3 aromatic rings. The molecular formula is C15H13ClN2OS. The van der Waals surface area contributed by atoms with E-state index in [-0.39, 0.29) is 0 Å². The highest BCUT2D eigenvalue weighted by atomic mass is 35.5. The van der Waals surface area contributed by atoms with Gasteiger partial charge in [-0.05, 0) is 43.7 Å². The number of hydrogen-bond acceptors (Lipinski definition) is 4. The second-order valence-corrected chi connectivity index (χ2v) is 6.23. The zero-order chi connectivity index (χ0) is 14.3. The monoisotopic (exact) mass is 304 g/mol. The van der Waals surface area contributed by atoms with E-state index in [1.165, 1.54) is 4.88 Å². The molecule has 0 atom stereocenters. The summed E-state index contributed by atoms with van der Waals surface area (Å²) in [6.07, 6.45) is 0. The molecule has 5 heteroatoms. The Labute approximate surface area is 126 Å². The van der Waals surface area contributed by atoms with Crippen molar-refractivity contribution < 1.29 is 4.74 Å². The summed E-state index contributed by atoms with van der Waals surface area (Å²) in [5.41, 5.74) is 1.89. The summed E-state index contributed by atoms with van der Waals surface area (Å²) in [7, 11) is 1.64. The summed E-state index contributed by atoms with van der Waals surface area (Å²) >= 11 is 7.98. The van der Waals surface area contributed by atoms with Gasteiger partial charge in [0, 0.05) is 10.3 Å². The molecule has 0 N–H and O–H groups in total. The molecule has 20 heavy (non-hydrogen) atoms. The largest absolute Gasteiger partial charge is 0.497 e. The Morgan fingerprint density at radius 2 is 1.95 bits per heavy atom. The topological polar surface area (TPSA) is 35.0 Å². The molecule has 0 fully saturated rings. The zero-order valence-electron chi connectivity index (χ0n) is 11.4. The Morgan fingerprint density at radius 1 is 1.15 bits per heavy atom. The number of methoxy groups -OCH3 is 1. The third-order valence-electron chi connectivity index (χ3n) is 3.11. The van der Waals surface area contributed by atoms with Crippen molar-refractivity contribution in [1.82, 2.24) is 9.97 Å². The molecule has 0 saturated heterocycles. The predicted molar refractivity (Wildman–Crippen MR) is 83.9 cm³/mol. The molecule has 3 rings (SSSR count). The van der Waals surface area contributed by atoms with E-state index in [2.05, 4.69) is 23.0 Å². The van der Waals surface area contributed by atoms with Crippen LogP contribution in [0.3, 0.4) is 0 Å². The molecule has 2 heterocycles. The van der Waals surface area contributed by atoms with Crippen LogP contribution in [0.1, 0.15) is 10.4 Å². The molecule has 0 amide bonds. The minimum Gasteiger partial charge on any atom is -0.497 e. The van der Waals surface area contributed by atoms with Gasteiger partial charge in [-0.15, -0.1) is 11.3 Å². The summed E-state index contributed by atoms with van der Waals surface area (Å²) in [6, 6.07) is 7.90. The molecule has 0 aliphatic carbocycles. The van der Waals surface area contributed by atoms with Gasteiger partial charge in [0.05, 0.1) is 17.5 Å². The van der Waals surface area contributed by atoms with Gasteiger partial charge in [-0.3, -0.25) is 0 Å². The van der Waals surface area contributed by atoms with Crippen molar-refractivity contribution in [3.63, 3.8) is 0 Å². The van der Waals surface area contributed by atoms with Gasteiger partial charge in [-0.1, -0.05) is 11.6 Å². The highest BCUT2D eigenvalue weighted by Gasteiger charge is 2.12. The van der Waals surface area contributed by atoms with Crippen molar-refractivity contribution in [2.24, 2.45) is 0 Å². The molecule has 0 radical (unpaired) electrons. The van der Waals surface area contributed by atoms with Crippen LogP contribution < -0.4 is 4.74 Å². The first-order chi connectivity index (χ1) is 9.58. The van der Waals surface area contributed by atoms with Crippen LogP contribution in [-0.2, 0) is 0 Å². The lowest BCUT2D eigenvalue weighted by Gasteiger charge is -2.08. The van der Waals surface area contributed by atoms with E-state index in [4.69, 9.17) is 16.3 Å². The maximum absolute atomic E-state index is 6.32. The summed E-state index contributed by atoms with van der Waals surface area (Å²) < 4.78 is 5.26. The normalized spacial score (nSPS) is 11.0. The quantitative estimate of drug-likeness (QED) is 0.647. The van der Waals surface area contributed by atoms with E-state index in [0.29, 0.717) is 11.0 Å². The Kier molecular flexibility index (Phi) is 3.36. The van der Waals surface area contributed by atoms with E-state index >= 15 is 0 Å². The number of halogens is 1. The first-order valence-electron chi connectivity index (χ1n) is 6.17. The Balaban J connectivity index is 2.26. The average molecular weight is 305 g/mol. The highest BCUT2D eigenvalue weighted by molar-refractivity contribution is 7.15. The molecule has 2 aromatic heterocycles. The lowest BCUT2D eigenvalue weighted by Crippen LogP contribution is -1.94. The summed E-state index contributed by atoms with van der Waals surface area (Å²) in [5.74, 6) is 1.44. The van der Waals surface area contributed by atoms with Crippen molar-refractivity contribution in [3.05, 3.63) is 39.9 Å². The van der Waals surface area contributed by atoms with Crippen molar-refractivity contribution in [3.8, 4) is 16.5 Å². The number of fused-ring (bicyclic) bond motifs is 1. The number of benzene rings is 1. The Hall–Kier alpha value is -1.65. The molecular weight excluding hydrogens is 292 g/mol. The van der Waals surface area contributed by atoms with Crippen molar-refractivity contribution >= 4 is 33.8 Å². The van der Waals surface area contributed by atoms with Crippen LogP contribution in [-0.4, -0.2) is 17.1 Å². The lowest BCUT2D eigenvalue weighted by molar-refractivity contribution is 0.415. The van der Waals surface area contributed by atoms with Crippen molar-refractivity contribution in [2.45, 2.75) is 13.8 Å². The van der Waals surface area contributed by atoms with Crippen LogP contribution in [0.15, 0.2) is 24.3 Å². The minimum absolute atomic E-state index is 0.457. The predicted octanol–water partition coefficient (Wildman–Crippen LogP) is 4.64. The molecule has 0 spiro atoms. The van der Waals surface area contributed by atoms with Gasteiger partial charge in [0.15, 0.2) is 5.82 Å². The molecule has 0 bridgehead atoms. The first kappa shape index (κ1) is 13.3. The fourth-order valence-electron chi connectivity index (χ4n) is 2.12. The van der Waals surface area contributed by atoms with E-state index in [1.54, 1.807) is 18.4 Å². The van der Waals surface area contributed by atoms with Crippen molar-refractivity contribution in [1.29, 1.82) is 0 Å². The van der Waals surface area contributed by atoms with Crippen molar-refractivity contribution in [2.75, 3.05) is 7.11 Å². The number of rotatable bonds is 2. The molecule has 0 aliphatic rings. The van der Waals surface area contributed by atoms with Crippen LogP contribution in [0.4, 0.5) is 0 Å². The third-order valence-corrected chi connectivity index (χ3v) is 4.40. The smallest absolute Gasteiger partial charge is 0.171 e. The van der Waals surface area contributed by atoms with Gasteiger partial charge in [0.2, 0.25) is 0 Å². The van der Waals surface area contributed by atoms with Crippen LogP contribution >= 0.6 is 22.9 Å². The minimum atomic E-state index is 0.457. The number of nitrogens with zero attached hydrogens (tertiary/aromatic N) is 2. The second-order valence-electron chi connectivity index (χ2n) is 4.59. The number of ether oxygens (including phenoxy) is 1. The van der Waals surface area contributed by atoms with E-state index in [1.807, 2.05) is 25.1 Å². The standard InChI is InChI=1S/C15H13ClN2OS/c1-8-6-10(19-3)7-11-13(8)17-15(18-14(11)16)12-5-4-9(2)20-12/h4-7H,1-3H3. The van der Waals surface area contributed by atoms with Gasteiger partial charge < -0.3 is 4.74 Å². The van der Waals surface area contributed by atoms with E-state index < -0.39 is 0 Å². The van der Waals surface area contributed by atoms with Gasteiger partial charge >= 0.3 is 0 Å². The molecule has 0 saturated carbocycles. The number of aromatic nitrogens is 2. The van der Waals surface area contributed by atoms with Gasteiger partial charge in [-0.2, -0.15) is 0 Å². The zero-order valence-corrected chi connectivity index (χ0v) is 13.0. The summed E-state index contributed by atoms with van der Waals surface area (Å²) in [4.78, 5) is 11.3. The van der Waals surface area contributed by atoms with Crippen LogP contribution in [0.25, 0.3) is 21.6 Å².